The van der Waals surface area contributed by atoms with Crippen molar-refractivity contribution >= 4 is 5.97 Å². The van der Waals surface area contributed by atoms with Crippen LogP contribution in [0.25, 0.3) is 0 Å². The van der Waals surface area contributed by atoms with Crippen LogP contribution in [-0.4, -0.2) is 17.6 Å². The Kier molecular flexibility index (Phi) is 3.41. The average Bonchev–Trinajstić information content (AvgIpc) is 2.15. The van der Waals surface area contributed by atoms with Crippen molar-refractivity contribution in [3.05, 3.63) is 29.6 Å². The summed E-state index contributed by atoms with van der Waals surface area (Å²) < 4.78 is 63.5. The van der Waals surface area contributed by atoms with Crippen LogP contribution in [-0.2, 0) is 10.9 Å². The van der Waals surface area contributed by atoms with Crippen molar-refractivity contribution in [2.75, 3.05) is 0 Å². The number of aromatic nitrogens is 1. The maximum absolute atomic E-state index is 12.3. The molecule has 0 unspecified atom stereocenters. The quantitative estimate of drug-likeness (QED) is 0.589. The smallest absolute Gasteiger partial charge is 0.399 e. The molecule has 0 bridgehead atoms. The van der Waals surface area contributed by atoms with E-state index in [1.807, 2.05) is 0 Å². The van der Waals surface area contributed by atoms with Crippen LogP contribution >= 0.6 is 0 Å². The van der Waals surface area contributed by atoms with Gasteiger partial charge in [0.2, 0.25) is 0 Å². The van der Waals surface area contributed by atoms with Gasteiger partial charge in [-0.3, -0.25) is 4.98 Å². The van der Waals surface area contributed by atoms with E-state index in [4.69, 9.17) is 0 Å². The molecule has 0 fully saturated rings. The van der Waals surface area contributed by atoms with Crippen molar-refractivity contribution in [3.63, 3.8) is 0 Å². The van der Waals surface area contributed by atoms with E-state index in [9.17, 15) is 26.7 Å². The van der Waals surface area contributed by atoms with Crippen molar-refractivity contribution in [3.8, 4) is 0 Å². The molecule has 16 heavy (non-hydrogen) atoms. The molecule has 1 rings (SSSR count). The van der Waals surface area contributed by atoms with Gasteiger partial charge in [0.25, 0.3) is 0 Å². The molecule has 0 saturated heterocycles. The molecule has 0 spiro atoms. The number of alkyl halides is 5. The van der Waals surface area contributed by atoms with Gasteiger partial charge in [0.15, 0.2) is 5.69 Å². The third-order valence-electron chi connectivity index (χ3n) is 1.49. The van der Waals surface area contributed by atoms with Crippen LogP contribution in [0.4, 0.5) is 22.0 Å². The SMILES string of the molecule is O=C(OC(F)F)c1cccnc1C(F)(F)F. The van der Waals surface area contributed by atoms with Gasteiger partial charge in [-0.15, -0.1) is 0 Å². The molecule has 0 aliphatic heterocycles. The maximum atomic E-state index is 12.3. The lowest BCUT2D eigenvalue weighted by atomic mass is 10.2. The van der Waals surface area contributed by atoms with Gasteiger partial charge in [-0.25, -0.2) is 4.79 Å². The van der Waals surface area contributed by atoms with E-state index in [0.29, 0.717) is 6.07 Å². The van der Waals surface area contributed by atoms with Crippen molar-refractivity contribution in [2.24, 2.45) is 0 Å². The van der Waals surface area contributed by atoms with Gasteiger partial charge in [0.05, 0.1) is 5.56 Å². The Morgan fingerprint density at radius 1 is 1.38 bits per heavy atom. The largest absolute Gasteiger partial charge is 0.434 e. The standard InChI is InChI=1S/C8H4F5NO2/c9-7(10)16-6(15)4-2-1-3-14-5(4)8(11,12)13/h1-3,7H. The topological polar surface area (TPSA) is 39.2 Å². The van der Waals surface area contributed by atoms with Crippen molar-refractivity contribution in [1.82, 2.24) is 4.98 Å². The first-order chi connectivity index (χ1) is 7.32. The Balaban J connectivity index is 3.09. The molecule has 0 aromatic carbocycles. The zero-order valence-electron chi connectivity index (χ0n) is 7.46. The van der Waals surface area contributed by atoms with E-state index in [-0.39, 0.29) is 0 Å². The summed E-state index contributed by atoms with van der Waals surface area (Å²) in [6.45, 7) is -3.48. The molecular formula is C8H4F5NO2. The Labute approximate surface area is 85.8 Å². The van der Waals surface area contributed by atoms with E-state index in [1.54, 1.807) is 0 Å². The molecule has 0 N–H and O–H groups in total. The number of ether oxygens (including phenoxy) is 1. The lowest BCUT2D eigenvalue weighted by Crippen LogP contribution is -2.18. The van der Waals surface area contributed by atoms with E-state index in [1.165, 1.54) is 0 Å². The van der Waals surface area contributed by atoms with Crippen LogP contribution in [0.1, 0.15) is 16.1 Å². The first-order valence-electron chi connectivity index (χ1n) is 3.83. The second-order valence-electron chi connectivity index (χ2n) is 2.56. The number of hydrogen-bond acceptors (Lipinski definition) is 3. The molecule has 0 saturated carbocycles. The summed E-state index contributed by atoms with van der Waals surface area (Å²) in [5.41, 5.74) is -2.60. The van der Waals surface area contributed by atoms with Crippen molar-refractivity contribution < 1.29 is 31.5 Å². The highest BCUT2D eigenvalue weighted by atomic mass is 19.4. The number of carbonyl (C=O) groups is 1. The van der Waals surface area contributed by atoms with Crippen LogP contribution < -0.4 is 0 Å². The van der Waals surface area contributed by atoms with E-state index in [0.717, 1.165) is 12.3 Å². The van der Waals surface area contributed by atoms with E-state index < -0.39 is 30.0 Å². The number of esters is 1. The molecular weight excluding hydrogens is 237 g/mol. The zero-order valence-corrected chi connectivity index (χ0v) is 7.46. The number of pyridine rings is 1. The highest BCUT2D eigenvalue weighted by Gasteiger charge is 2.37. The van der Waals surface area contributed by atoms with Crippen LogP contribution in [0.15, 0.2) is 18.3 Å². The maximum Gasteiger partial charge on any atom is 0.434 e. The van der Waals surface area contributed by atoms with Crippen LogP contribution in [0.5, 0.6) is 0 Å². The minimum atomic E-state index is -4.91. The van der Waals surface area contributed by atoms with Crippen molar-refractivity contribution in [1.29, 1.82) is 0 Å². The van der Waals surface area contributed by atoms with Gasteiger partial charge in [0, 0.05) is 6.20 Å². The summed E-state index contributed by atoms with van der Waals surface area (Å²) in [6.07, 6.45) is -4.11. The summed E-state index contributed by atoms with van der Waals surface area (Å²) in [5.74, 6) is -1.77. The second kappa shape index (κ2) is 4.42. The number of hydrogen-bond donors (Lipinski definition) is 0. The molecule has 0 aliphatic rings. The summed E-state index contributed by atoms with van der Waals surface area (Å²) in [4.78, 5) is 13.8. The Bertz CT molecular complexity index is 390. The van der Waals surface area contributed by atoms with Gasteiger partial charge >= 0.3 is 18.8 Å². The third kappa shape index (κ3) is 2.88. The monoisotopic (exact) mass is 241 g/mol. The average molecular weight is 241 g/mol. The van der Waals surface area contributed by atoms with E-state index >= 15 is 0 Å². The molecule has 0 aliphatic carbocycles. The first-order valence-corrected chi connectivity index (χ1v) is 3.83. The number of rotatable bonds is 2. The molecule has 0 amide bonds. The fraction of sp³-hybridized carbons (Fsp3) is 0.250. The van der Waals surface area contributed by atoms with E-state index in [2.05, 4.69) is 9.72 Å². The molecule has 1 aromatic rings. The highest BCUT2D eigenvalue weighted by Crippen LogP contribution is 2.30. The normalized spacial score (nSPS) is 11.6. The van der Waals surface area contributed by atoms with Gasteiger partial charge in [-0.2, -0.15) is 22.0 Å². The molecule has 8 heteroatoms. The van der Waals surface area contributed by atoms with Gasteiger partial charge < -0.3 is 4.74 Å². The number of carbonyl (C=O) groups excluding carboxylic acids is 1. The summed E-state index contributed by atoms with van der Waals surface area (Å²) >= 11 is 0. The Hall–Kier alpha value is -1.73. The highest BCUT2D eigenvalue weighted by molar-refractivity contribution is 5.90. The minimum Gasteiger partial charge on any atom is -0.399 e. The molecule has 0 atom stereocenters. The predicted molar refractivity (Wildman–Crippen MR) is 40.7 cm³/mol. The molecule has 1 aromatic heterocycles. The Morgan fingerprint density at radius 3 is 2.50 bits per heavy atom. The third-order valence-corrected chi connectivity index (χ3v) is 1.49. The Morgan fingerprint density at radius 2 is 2.00 bits per heavy atom. The molecule has 88 valence electrons. The zero-order chi connectivity index (χ0) is 12.3. The van der Waals surface area contributed by atoms with Gasteiger partial charge in [0.1, 0.15) is 0 Å². The fourth-order valence-electron chi connectivity index (χ4n) is 0.940. The number of nitrogens with zero attached hydrogens (tertiary/aromatic N) is 1. The summed E-state index contributed by atoms with van der Waals surface area (Å²) in [5, 5.41) is 0. The number of halogens is 5. The predicted octanol–water partition coefficient (Wildman–Crippen LogP) is 2.48. The summed E-state index contributed by atoms with van der Waals surface area (Å²) in [7, 11) is 0. The van der Waals surface area contributed by atoms with Gasteiger partial charge in [-0.05, 0) is 12.1 Å². The summed E-state index contributed by atoms with van der Waals surface area (Å²) in [6, 6.07) is 1.72. The first kappa shape index (κ1) is 12.3. The second-order valence-corrected chi connectivity index (χ2v) is 2.56. The van der Waals surface area contributed by atoms with Crippen LogP contribution in [0.3, 0.4) is 0 Å². The van der Waals surface area contributed by atoms with Crippen molar-refractivity contribution in [2.45, 2.75) is 12.8 Å². The van der Waals surface area contributed by atoms with Crippen LogP contribution in [0.2, 0.25) is 0 Å². The molecule has 0 radical (unpaired) electrons. The molecule has 1 heterocycles. The van der Waals surface area contributed by atoms with Gasteiger partial charge in [-0.1, -0.05) is 0 Å². The lowest BCUT2D eigenvalue weighted by Gasteiger charge is -2.10. The fourth-order valence-corrected chi connectivity index (χ4v) is 0.940. The van der Waals surface area contributed by atoms with Crippen LogP contribution in [0, 0.1) is 0 Å². The minimum absolute atomic E-state index is 0.709. The molecule has 3 nitrogen and oxygen atoms in total. The lowest BCUT2D eigenvalue weighted by molar-refractivity contribution is -0.142.